The maximum absolute atomic E-state index is 12.7. The number of fused-ring (bicyclic) bond motifs is 2. The molecule has 0 aliphatic carbocycles. The number of hydrogen-bond acceptors (Lipinski definition) is 7. The first-order valence-corrected chi connectivity index (χ1v) is 10.7. The Hall–Kier alpha value is -1.59. The number of aryl methyl sites for hydroxylation is 1. The first-order chi connectivity index (χ1) is 14.4. The Morgan fingerprint density at radius 2 is 2.03 bits per heavy atom. The topological polar surface area (TPSA) is 61.8 Å². The van der Waals surface area contributed by atoms with E-state index in [1.54, 1.807) is 7.11 Å². The number of ether oxygens (including phenoxy) is 1. The van der Waals surface area contributed by atoms with E-state index in [-0.39, 0.29) is 37.3 Å². The molecule has 0 amide bonds. The fourth-order valence-corrected chi connectivity index (χ4v) is 4.59. The number of benzene rings is 1. The highest BCUT2D eigenvalue weighted by molar-refractivity contribution is 7.16. The van der Waals surface area contributed by atoms with Gasteiger partial charge in [-0.05, 0) is 18.6 Å². The van der Waals surface area contributed by atoms with E-state index in [1.807, 2.05) is 24.3 Å². The van der Waals surface area contributed by atoms with Gasteiger partial charge in [-0.25, -0.2) is 9.98 Å². The molecule has 0 saturated carbocycles. The van der Waals surface area contributed by atoms with Gasteiger partial charge in [0.25, 0.3) is 0 Å². The molecule has 6 nitrogen and oxygen atoms in total. The van der Waals surface area contributed by atoms with Crippen LogP contribution in [0.3, 0.4) is 0 Å². The average molecular weight is 512 g/mol. The quantitative estimate of drug-likeness (QED) is 0.595. The number of hydrogen-bond donors (Lipinski definition) is 2. The molecule has 0 bridgehead atoms. The third-order valence-corrected chi connectivity index (χ3v) is 6.14. The van der Waals surface area contributed by atoms with E-state index in [4.69, 9.17) is 9.73 Å². The van der Waals surface area contributed by atoms with Crippen LogP contribution in [0.5, 0.6) is 0 Å². The highest BCUT2D eigenvalue weighted by Crippen LogP contribution is 2.38. The van der Waals surface area contributed by atoms with Gasteiger partial charge in [0.15, 0.2) is 5.84 Å². The Labute approximate surface area is 201 Å². The van der Waals surface area contributed by atoms with E-state index in [2.05, 4.69) is 20.5 Å². The fraction of sp³-hybridized carbons (Fsp3) is 0.500. The number of amidine groups is 1. The van der Waals surface area contributed by atoms with Gasteiger partial charge in [0.2, 0.25) is 0 Å². The predicted molar refractivity (Wildman–Crippen MR) is 127 cm³/mol. The fourth-order valence-electron chi connectivity index (χ4n) is 3.61. The summed E-state index contributed by atoms with van der Waals surface area (Å²) in [6, 6.07) is 7.92. The number of nitrogens with zero attached hydrogens (tertiary/aromatic N) is 3. The molecule has 1 aromatic carbocycles. The number of halogens is 5. The molecule has 2 aliphatic heterocycles. The molecule has 1 aromatic heterocycles. The Balaban J connectivity index is 0.00000181. The van der Waals surface area contributed by atoms with Gasteiger partial charge in [-0.15, -0.1) is 36.2 Å². The molecular weight excluding hydrogens is 486 g/mol. The van der Waals surface area contributed by atoms with Crippen molar-refractivity contribution < 1.29 is 17.9 Å². The van der Waals surface area contributed by atoms with E-state index in [1.165, 1.54) is 11.3 Å². The maximum Gasteiger partial charge on any atom is 0.389 e. The number of aromatic nitrogens is 1. The highest BCUT2D eigenvalue weighted by atomic mass is 35.5. The zero-order valence-electron chi connectivity index (χ0n) is 17.4. The summed E-state index contributed by atoms with van der Waals surface area (Å²) in [5, 5.41) is 8.02. The molecule has 1 fully saturated rings. The van der Waals surface area contributed by atoms with E-state index in [0.717, 1.165) is 42.4 Å². The van der Waals surface area contributed by atoms with E-state index in [0.29, 0.717) is 23.1 Å². The van der Waals surface area contributed by atoms with Crippen molar-refractivity contribution in [3.63, 3.8) is 0 Å². The Bertz CT molecular complexity index is 925. The lowest BCUT2D eigenvalue weighted by Gasteiger charge is -2.35. The largest absolute Gasteiger partial charge is 0.389 e. The number of methoxy groups -OCH3 is 1. The standard InChI is InChI=1S/C20H24F3N5OS.2ClH/c1-29-11-7-13-12-28(10-9-24-13)18-17-19(26-15-5-3-2-4-14(15)25-18)30-16(27-17)6-8-20(21,22)23;;/h2-5,13,24,26H,6-12H2,1H3;2*1H. The van der Waals surface area contributed by atoms with Crippen LogP contribution in [0.2, 0.25) is 0 Å². The van der Waals surface area contributed by atoms with Gasteiger partial charge < -0.3 is 20.3 Å². The number of nitrogens with one attached hydrogen (secondary N) is 2. The normalized spacial score (nSPS) is 17.7. The minimum absolute atomic E-state index is 0. The van der Waals surface area contributed by atoms with Crippen LogP contribution in [-0.2, 0) is 11.2 Å². The third kappa shape index (κ3) is 6.48. The van der Waals surface area contributed by atoms with Crippen LogP contribution in [0, 0.1) is 0 Å². The number of rotatable bonds is 5. The molecule has 2 N–H and O–H groups in total. The van der Waals surface area contributed by atoms with Gasteiger partial charge in [0.1, 0.15) is 10.7 Å². The predicted octanol–water partition coefficient (Wildman–Crippen LogP) is 4.93. The number of alkyl halides is 3. The van der Waals surface area contributed by atoms with Crippen LogP contribution >= 0.6 is 36.2 Å². The molecule has 4 rings (SSSR count). The first kappa shape index (κ1) is 26.7. The summed E-state index contributed by atoms with van der Waals surface area (Å²) in [6.07, 6.45) is -4.34. The van der Waals surface area contributed by atoms with Gasteiger partial charge in [-0.2, -0.15) is 13.2 Å². The maximum atomic E-state index is 12.7. The lowest BCUT2D eigenvalue weighted by molar-refractivity contribution is -0.134. The van der Waals surface area contributed by atoms with Gasteiger partial charge in [-0.3, -0.25) is 0 Å². The summed E-state index contributed by atoms with van der Waals surface area (Å²) in [5.74, 6) is 0.709. The highest BCUT2D eigenvalue weighted by Gasteiger charge is 2.31. The van der Waals surface area contributed by atoms with Crippen LogP contribution in [0.1, 0.15) is 23.5 Å². The first-order valence-electron chi connectivity index (χ1n) is 9.92. The molecule has 12 heteroatoms. The molecule has 0 spiro atoms. The summed E-state index contributed by atoms with van der Waals surface area (Å²) in [5.41, 5.74) is 2.24. The minimum atomic E-state index is -4.20. The summed E-state index contributed by atoms with van der Waals surface area (Å²) in [4.78, 5) is 11.6. The molecule has 3 heterocycles. The number of anilines is 2. The second kappa shape index (κ2) is 11.5. The average Bonchev–Trinajstić information content (AvgIpc) is 3.05. The van der Waals surface area contributed by atoms with Crippen molar-refractivity contribution in [2.24, 2.45) is 4.99 Å². The van der Waals surface area contributed by atoms with Gasteiger partial charge in [0, 0.05) is 52.2 Å². The van der Waals surface area contributed by atoms with E-state index >= 15 is 0 Å². The summed E-state index contributed by atoms with van der Waals surface area (Å²) < 4.78 is 43.3. The van der Waals surface area contributed by atoms with Crippen LogP contribution in [0.15, 0.2) is 29.3 Å². The molecule has 32 heavy (non-hydrogen) atoms. The van der Waals surface area contributed by atoms with Crippen LogP contribution in [-0.4, -0.2) is 61.3 Å². The molecule has 0 radical (unpaired) electrons. The van der Waals surface area contributed by atoms with Crippen molar-refractivity contribution in [1.82, 2.24) is 15.2 Å². The molecule has 1 unspecified atom stereocenters. The lowest BCUT2D eigenvalue weighted by Crippen LogP contribution is -2.53. The second-order valence-electron chi connectivity index (χ2n) is 7.36. The number of para-hydroxylation sites is 2. The van der Waals surface area contributed by atoms with Crippen molar-refractivity contribution in [3.8, 4) is 0 Å². The Morgan fingerprint density at radius 3 is 2.78 bits per heavy atom. The monoisotopic (exact) mass is 511 g/mol. The number of piperazine rings is 1. The Kier molecular flexibility index (Phi) is 9.59. The van der Waals surface area contributed by atoms with Crippen LogP contribution < -0.4 is 10.6 Å². The third-order valence-electron chi connectivity index (χ3n) is 5.11. The van der Waals surface area contributed by atoms with Crippen molar-refractivity contribution in [3.05, 3.63) is 35.0 Å². The molecule has 2 aliphatic rings. The minimum Gasteiger partial charge on any atom is -0.385 e. The molecule has 2 aromatic rings. The number of thiazole rings is 1. The van der Waals surface area contributed by atoms with Crippen molar-refractivity contribution in [2.75, 3.05) is 38.7 Å². The van der Waals surface area contributed by atoms with Crippen LogP contribution in [0.25, 0.3) is 0 Å². The van der Waals surface area contributed by atoms with Crippen molar-refractivity contribution >= 4 is 58.4 Å². The van der Waals surface area contributed by atoms with Crippen LogP contribution in [0.4, 0.5) is 29.5 Å². The van der Waals surface area contributed by atoms with E-state index < -0.39 is 12.6 Å². The zero-order valence-corrected chi connectivity index (χ0v) is 19.9. The molecule has 1 atom stereocenters. The lowest BCUT2D eigenvalue weighted by atomic mass is 10.1. The second-order valence-corrected chi connectivity index (χ2v) is 8.44. The van der Waals surface area contributed by atoms with E-state index in [9.17, 15) is 13.2 Å². The zero-order chi connectivity index (χ0) is 21.1. The van der Waals surface area contributed by atoms with Gasteiger partial charge >= 0.3 is 6.18 Å². The number of aliphatic imine (C=N–C) groups is 1. The molecule has 1 saturated heterocycles. The smallest absolute Gasteiger partial charge is 0.385 e. The molecule has 178 valence electrons. The van der Waals surface area contributed by atoms with Gasteiger partial charge in [-0.1, -0.05) is 12.1 Å². The SMILES string of the molecule is COCCC1CN(C2=Nc3ccccc3Nc3sc(CCC(F)(F)F)nc32)CCN1.Cl.Cl. The van der Waals surface area contributed by atoms with Crippen molar-refractivity contribution in [1.29, 1.82) is 0 Å². The van der Waals surface area contributed by atoms with Gasteiger partial charge in [0.05, 0.1) is 16.4 Å². The summed E-state index contributed by atoms with van der Waals surface area (Å²) in [7, 11) is 1.68. The Morgan fingerprint density at radius 1 is 1.25 bits per heavy atom. The van der Waals surface area contributed by atoms with Crippen molar-refractivity contribution in [2.45, 2.75) is 31.5 Å². The summed E-state index contributed by atoms with van der Waals surface area (Å²) >= 11 is 1.27. The molecular formula is C20H26Cl2F3N5OS. The summed E-state index contributed by atoms with van der Waals surface area (Å²) in [6.45, 7) is 2.94.